The first-order chi connectivity index (χ1) is 15.6. The lowest BCUT2D eigenvalue weighted by atomic mass is 9.91. The van der Waals surface area contributed by atoms with E-state index in [9.17, 15) is 4.79 Å². The second-order valence-corrected chi connectivity index (χ2v) is 8.51. The van der Waals surface area contributed by atoms with Gasteiger partial charge in [-0.1, -0.05) is 18.2 Å². The number of hydrogen-bond donors (Lipinski definition) is 0. The maximum absolute atomic E-state index is 13.3. The summed E-state index contributed by atoms with van der Waals surface area (Å²) >= 11 is 1.60. The van der Waals surface area contributed by atoms with Crippen LogP contribution in [-0.2, 0) is 17.6 Å². The van der Waals surface area contributed by atoms with Gasteiger partial charge >= 0.3 is 0 Å². The minimum absolute atomic E-state index is 0.0847. The number of amides is 1. The van der Waals surface area contributed by atoms with E-state index >= 15 is 0 Å². The molecule has 2 aromatic carbocycles. The van der Waals surface area contributed by atoms with E-state index in [2.05, 4.69) is 0 Å². The lowest BCUT2D eigenvalue weighted by molar-refractivity contribution is -0.134. The largest absolute Gasteiger partial charge is 0.493 e. The molecule has 0 bridgehead atoms. The molecule has 0 saturated heterocycles. The van der Waals surface area contributed by atoms with Crippen molar-refractivity contribution < 1.29 is 23.7 Å². The molecule has 7 heteroatoms. The molecular weight excluding hydrogens is 426 g/mol. The van der Waals surface area contributed by atoms with Crippen molar-refractivity contribution in [2.45, 2.75) is 18.9 Å². The molecule has 0 saturated carbocycles. The summed E-state index contributed by atoms with van der Waals surface area (Å²) in [5.41, 5.74) is 2.15. The molecule has 2 heterocycles. The Labute approximate surface area is 192 Å². The number of nitrogens with zero attached hydrogens (tertiary/aromatic N) is 1. The van der Waals surface area contributed by atoms with E-state index in [1.54, 1.807) is 32.7 Å². The van der Waals surface area contributed by atoms with Crippen molar-refractivity contribution in [3.05, 3.63) is 69.9 Å². The average molecular weight is 454 g/mol. The molecule has 0 fully saturated rings. The Morgan fingerprint density at radius 3 is 2.38 bits per heavy atom. The molecule has 4 rings (SSSR count). The lowest BCUT2D eigenvalue weighted by Gasteiger charge is -2.37. The highest BCUT2D eigenvalue weighted by molar-refractivity contribution is 7.10. The second-order valence-electron chi connectivity index (χ2n) is 7.48. The maximum atomic E-state index is 13.3. The highest BCUT2D eigenvalue weighted by Gasteiger charge is 2.33. The standard InChI is InChI=1S/C25H27NO5S/c1-28-21-8-4-5-9-22(21)31-16-20-19-15-24(30-3)23(29-2)13-17(19)10-11-26(20)25(27)14-18-7-6-12-32-18/h4-9,12-13,15,20H,10-11,14,16H2,1-3H3. The van der Waals surface area contributed by atoms with Gasteiger partial charge in [0, 0.05) is 11.4 Å². The summed E-state index contributed by atoms with van der Waals surface area (Å²) in [4.78, 5) is 16.3. The van der Waals surface area contributed by atoms with E-state index in [4.69, 9.17) is 18.9 Å². The number of carbonyl (C=O) groups is 1. The van der Waals surface area contributed by atoms with Crippen LogP contribution in [0.2, 0.25) is 0 Å². The summed E-state index contributed by atoms with van der Waals surface area (Å²) in [6, 6.07) is 15.2. The van der Waals surface area contributed by atoms with Gasteiger partial charge in [0.15, 0.2) is 23.0 Å². The van der Waals surface area contributed by atoms with Crippen LogP contribution < -0.4 is 18.9 Å². The highest BCUT2D eigenvalue weighted by atomic mass is 32.1. The van der Waals surface area contributed by atoms with Crippen LogP contribution in [0.3, 0.4) is 0 Å². The molecule has 3 aromatic rings. The first-order valence-electron chi connectivity index (χ1n) is 10.5. The van der Waals surface area contributed by atoms with E-state index < -0.39 is 0 Å². The first-order valence-corrected chi connectivity index (χ1v) is 11.3. The van der Waals surface area contributed by atoms with E-state index in [1.807, 2.05) is 58.8 Å². The Kier molecular flexibility index (Phi) is 6.85. The number of carbonyl (C=O) groups excluding carboxylic acids is 1. The molecule has 0 spiro atoms. The summed E-state index contributed by atoms with van der Waals surface area (Å²) in [5, 5.41) is 1.99. The van der Waals surface area contributed by atoms with Crippen molar-refractivity contribution >= 4 is 17.2 Å². The topological polar surface area (TPSA) is 57.2 Å². The normalized spacial score (nSPS) is 15.1. The minimum Gasteiger partial charge on any atom is -0.493 e. The molecule has 1 aliphatic rings. The molecule has 1 atom stereocenters. The Bertz CT molecular complexity index is 1070. The van der Waals surface area contributed by atoms with Gasteiger partial charge in [0.1, 0.15) is 6.61 Å². The third kappa shape index (κ3) is 4.53. The van der Waals surface area contributed by atoms with Crippen LogP contribution in [0.1, 0.15) is 22.0 Å². The van der Waals surface area contributed by atoms with Gasteiger partial charge in [-0.2, -0.15) is 0 Å². The predicted molar refractivity (Wildman–Crippen MR) is 124 cm³/mol. The summed E-state index contributed by atoms with van der Waals surface area (Å²) in [5.74, 6) is 2.72. The van der Waals surface area contributed by atoms with Gasteiger partial charge in [0.05, 0.1) is 33.8 Å². The highest BCUT2D eigenvalue weighted by Crippen LogP contribution is 2.39. The average Bonchev–Trinajstić information content (AvgIpc) is 3.34. The molecule has 1 unspecified atom stereocenters. The maximum Gasteiger partial charge on any atom is 0.228 e. The fourth-order valence-corrected chi connectivity index (χ4v) is 4.77. The van der Waals surface area contributed by atoms with Crippen LogP contribution in [0.25, 0.3) is 0 Å². The zero-order valence-corrected chi connectivity index (χ0v) is 19.3. The van der Waals surface area contributed by atoms with Crippen molar-refractivity contribution in [2.75, 3.05) is 34.5 Å². The van der Waals surface area contributed by atoms with Crippen LogP contribution in [0.5, 0.6) is 23.0 Å². The number of ether oxygens (including phenoxy) is 4. The van der Waals surface area contributed by atoms with Crippen molar-refractivity contribution in [1.29, 1.82) is 0 Å². The SMILES string of the molecule is COc1cc2c(cc1OC)C(COc1ccccc1OC)N(C(=O)Cc1cccs1)CC2. The molecule has 0 N–H and O–H groups in total. The van der Waals surface area contributed by atoms with E-state index in [1.165, 1.54) is 0 Å². The van der Waals surface area contributed by atoms with E-state index in [0.717, 1.165) is 22.4 Å². The fraction of sp³-hybridized carbons (Fsp3) is 0.320. The minimum atomic E-state index is -0.254. The number of benzene rings is 2. The number of para-hydroxylation sites is 2. The van der Waals surface area contributed by atoms with Crippen LogP contribution in [-0.4, -0.2) is 45.3 Å². The lowest BCUT2D eigenvalue weighted by Crippen LogP contribution is -2.43. The molecule has 1 aliphatic heterocycles. The number of rotatable bonds is 8. The van der Waals surface area contributed by atoms with Crippen molar-refractivity contribution in [2.24, 2.45) is 0 Å². The summed E-state index contributed by atoms with van der Waals surface area (Å²) in [6.45, 7) is 0.922. The first kappa shape index (κ1) is 22.0. The van der Waals surface area contributed by atoms with Gasteiger partial charge < -0.3 is 23.8 Å². The number of methoxy groups -OCH3 is 3. The van der Waals surface area contributed by atoms with Crippen LogP contribution >= 0.6 is 11.3 Å². The second kappa shape index (κ2) is 9.96. The molecule has 0 aliphatic carbocycles. The summed E-state index contributed by atoms with van der Waals surface area (Å²) < 4.78 is 22.6. The van der Waals surface area contributed by atoms with Gasteiger partial charge in [-0.15, -0.1) is 11.3 Å². The molecule has 0 radical (unpaired) electrons. The molecule has 32 heavy (non-hydrogen) atoms. The number of hydrogen-bond acceptors (Lipinski definition) is 6. The van der Waals surface area contributed by atoms with Gasteiger partial charge in [-0.05, 0) is 53.3 Å². The monoisotopic (exact) mass is 453 g/mol. The van der Waals surface area contributed by atoms with Gasteiger partial charge in [0.2, 0.25) is 5.91 Å². The third-order valence-electron chi connectivity index (χ3n) is 5.69. The Morgan fingerprint density at radius 1 is 0.969 bits per heavy atom. The molecular formula is C25H27NO5S. The van der Waals surface area contributed by atoms with E-state index in [-0.39, 0.29) is 11.9 Å². The van der Waals surface area contributed by atoms with Crippen LogP contribution in [0.15, 0.2) is 53.9 Å². The predicted octanol–water partition coefficient (Wildman–Crippen LogP) is 4.52. The molecule has 6 nitrogen and oxygen atoms in total. The Morgan fingerprint density at radius 2 is 1.69 bits per heavy atom. The van der Waals surface area contributed by atoms with Gasteiger partial charge in [-0.3, -0.25) is 4.79 Å². The molecule has 1 aromatic heterocycles. The molecule has 1 amide bonds. The quantitative estimate of drug-likeness (QED) is 0.502. The van der Waals surface area contributed by atoms with Gasteiger partial charge in [0.25, 0.3) is 0 Å². The summed E-state index contributed by atoms with van der Waals surface area (Å²) in [6.07, 6.45) is 1.13. The zero-order valence-electron chi connectivity index (χ0n) is 18.5. The third-order valence-corrected chi connectivity index (χ3v) is 6.57. The van der Waals surface area contributed by atoms with Crippen LogP contribution in [0, 0.1) is 0 Å². The Hall–Kier alpha value is -3.19. The summed E-state index contributed by atoms with van der Waals surface area (Å²) in [7, 11) is 4.87. The van der Waals surface area contributed by atoms with E-state index in [0.29, 0.717) is 42.6 Å². The smallest absolute Gasteiger partial charge is 0.228 e. The number of thiophene rings is 1. The van der Waals surface area contributed by atoms with Crippen molar-refractivity contribution in [3.63, 3.8) is 0 Å². The zero-order chi connectivity index (χ0) is 22.5. The van der Waals surface area contributed by atoms with Crippen LogP contribution in [0.4, 0.5) is 0 Å². The fourth-order valence-electron chi connectivity index (χ4n) is 4.08. The Balaban J connectivity index is 1.66. The van der Waals surface area contributed by atoms with Crippen molar-refractivity contribution in [3.8, 4) is 23.0 Å². The van der Waals surface area contributed by atoms with Crippen molar-refractivity contribution in [1.82, 2.24) is 4.90 Å². The van der Waals surface area contributed by atoms with Gasteiger partial charge in [-0.25, -0.2) is 0 Å². The molecule has 168 valence electrons. The number of fused-ring (bicyclic) bond motifs is 1.